The second-order valence-corrected chi connectivity index (χ2v) is 10.6. The first-order valence-corrected chi connectivity index (χ1v) is 12.4. The topological polar surface area (TPSA) is 76.1 Å². The van der Waals surface area contributed by atoms with E-state index >= 15 is 0 Å². The molecule has 0 aromatic heterocycles. The molecule has 1 unspecified atom stereocenters. The molecular weight excluding hydrogens is 532 g/mol. The Kier molecular flexibility index (Phi) is 7.46. The first-order chi connectivity index (χ1) is 17.9. The monoisotopic (exact) mass is 557 g/mol. The van der Waals surface area contributed by atoms with Crippen LogP contribution in [-0.4, -0.2) is 31.0 Å². The second-order valence-electron chi connectivity index (χ2n) is 9.83. The molecule has 9 heteroatoms. The van der Waals surface area contributed by atoms with E-state index in [0.717, 1.165) is 11.6 Å². The molecule has 3 aromatic carbocycles. The molecule has 1 N–H and O–H groups in total. The molecule has 3 aromatic rings. The number of ether oxygens (including phenoxy) is 2. The van der Waals surface area contributed by atoms with Crippen molar-refractivity contribution in [2.75, 3.05) is 19.1 Å². The van der Waals surface area contributed by atoms with E-state index in [0.29, 0.717) is 5.56 Å². The average Bonchev–Trinajstić information content (AvgIpc) is 3.14. The van der Waals surface area contributed by atoms with Gasteiger partial charge in [-0.05, 0) is 40.8 Å². The van der Waals surface area contributed by atoms with Gasteiger partial charge in [-0.25, -0.2) is 4.39 Å². The van der Waals surface area contributed by atoms with E-state index in [1.807, 2.05) is 12.1 Å². The third-order valence-electron chi connectivity index (χ3n) is 6.45. The molecule has 1 heterocycles. The molecule has 0 spiro atoms. The van der Waals surface area contributed by atoms with Crippen LogP contribution in [0.25, 0.3) is 5.76 Å². The number of nitrogens with zero attached hydrogens (tertiary/aromatic N) is 1. The number of carbonyl (C=O) groups excluding carboxylic acids is 2. The number of carbonyl (C=O) groups is 2. The van der Waals surface area contributed by atoms with E-state index < -0.39 is 29.3 Å². The van der Waals surface area contributed by atoms with Crippen LogP contribution < -0.4 is 14.4 Å². The zero-order chi connectivity index (χ0) is 27.9. The van der Waals surface area contributed by atoms with Crippen LogP contribution in [0.5, 0.6) is 11.5 Å². The Labute approximate surface area is 230 Å². The Hall–Kier alpha value is -3.55. The van der Waals surface area contributed by atoms with Crippen molar-refractivity contribution in [3.63, 3.8) is 0 Å². The Bertz CT molecular complexity index is 1460. The van der Waals surface area contributed by atoms with Gasteiger partial charge < -0.3 is 14.6 Å². The highest BCUT2D eigenvalue weighted by molar-refractivity contribution is 6.52. The van der Waals surface area contributed by atoms with Crippen LogP contribution in [0.15, 0.2) is 60.2 Å². The molecule has 1 saturated heterocycles. The molecule has 0 radical (unpaired) electrons. The molecule has 1 aliphatic rings. The molecule has 1 amide bonds. The van der Waals surface area contributed by atoms with E-state index in [-0.39, 0.29) is 43.8 Å². The highest BCUT2D eigenvalue weighted by Crippen LogP contribution is 2.45. The SMILES string of the molecule is COc1cc(/C(O)=C2\C(=O)C(=O)N(c3ccc(F)c(Cl)c3)C2c2ccc(C(C)(C)C)cc2)c(OC)cc1Cl. The summed E-state index contributed by atoms with van der Waals surface area (Å²) in [6.45, 7) is 6.19. The van der Waals surface area contributed by atoms with Gasteiger partial charge in [-0.2, -0.15) is 0 Å². The number of aliphatic hydroxyl groups is 1. The van der Waals surface area contributed by atoms with Gasteiger partial charge in [0.1, 0.15) is 23.1 Å². The lowest BCUT2D eigenvalue weighted by Gasteiger charge is -2.27. The highest BCUT2D eigenvalue weighted by atomic mass is 35.5. The number of hydrogen-bond donors (Lipinski definition) is 1. The molecule has 4 rings (SSSR count). The van der Waals surface area contributed by atoms with Crippen molar-refractivity contribution in [3.8, 4) is 11.5 Å². The van der Waals surface area contributed by atoms with Gasteiger partial charge in [0.05, 0.1) is 41.4 Å². The number of anilines is 1. The van der Waals surface area contributed by atoms with Crippen molar-refractivity contribution in [2.24, 2.45) is 0 Å². The Morgan fingerprint density at radius 3 is 2.11 bits per heavy atom. The van der Waals surface area contributed by atoms with E-state index in [4.69, 9.17) is 32.7 Å². The Morgan fingerprint density at radius 1 is 0.921 bits per heavy atom. The van der Waals surface area contributed by atoms with Crippen molar-refractivity contribution in [2.45, 2.75) is 32.2 Å². The lowest BCUT2D eigenvalue weighted by Crippen LogP contribution is -2.29. The van der Waals surface area contributed by atoms with Crippen LogP contribution in [0.3, 0.4) is 0 Å². The molecule has 1 aliphatic heterocycles. The fraction of sp³-hybridized carbons (Fsp3) is 0.241. The predicted molar refractivity (Wildman–Crippen MR) is 146 cm³/mol. The maximum Gasteiger partial charge on any atom is 0.300 e. The minimum absolute atomic E-state index is 0.111. The molecule has 1 fully saturated rings. The minimum atomic E-state index is -1.04. The van der Waals surface area contributed by atoms with E-state index in [1.165, 1.54) is 43.4 Å². The molecule has 1 atom stereocenters. The fourth-order valence-electron chi connectivity index (χ4n) is 4.41. The summed E-state index contributed by atoms with van der Waals surface area (Å²) >= 11 is 12.2. The van der Waals surface area contributed by atoms with Crippen molar-refractivity contribution in [1.29, 1.82) is 0 Å². The lowest BCUT2D eigenvalue weighted by molar-refractivity contribution is -0.132. The highest BCUT2D eigenvalue weighted by Gasteiger charge is 2.47. The lowest BCUT2D eigenvalue weighted by atomic mass is 9.85. The zero-order valence-electron chi connectivity index (χ0n) is 21.4. The zero-order valence-corrected chi connectivity index (χ0v) is 22.9. The average molecular weight is 558 g/mol. The summed E-state index contributed by atoms with van der Waals surface area (Å²) in [6.07, 6.45) is 0. The second kappa shape index (κ2) is 10.3. The molecular formula is C29H26Cl2FNO5. The molecule has 38 heavy (non-hydrogen) atoms. The Morgan fingerprint density at radius 2 is 1.55 bits per heavy atom. The van der Waals surface area contributed by atoms with Gasteiger partial charge in [0.15, 0.2) is 0 Å². The summed E-state index contributed by atoms with van der Waals surface area (Å²) in [6, 6.07) is 13.0. The summed E-state index contributed by atoms with van der Waals surface area (Å²) in [4.78, 5) is 28.1. The van der Waals surface area contributed by atoms with Gasteiger partial charge in [-0.15, -0.1) is 0 Å². The standard InChI is InChI=1S/C29H26Cl2FNO5/c1-29(2,3)16-8-6-15(7-9-16)25-24(26(34)18-13-23(38-5)20(31)14-22(18)37-4)27(35)28(36)33(25)17-10-11-21(32)19(30)12-17/h6-14,25,34H,1-5H3/b26-24+. The van der Waals surface area contributed by atoms with Crippen LogP contribution >= 0.6 is 23.2 Å². The van der Waals surface area contributed by atoms with Crippen molar-refractivity contribution in [3.05, 3.63) is 92.7 Å². The third kappa shape index (κ3) is 4.84. The van der Waals surface area contributed by atoms with Gasteiger partial charge in [-0.1, -0.05) is 68.2 Å². The van der Waals surface area contributed by atoms with Crippen LogP contribution in [0.4, 0.5) is 10.1 Å². The smallest absolute Gasteiger partial charge is 0.300 e. The number of amides is 1. The molecule has 0 bridgehead atoms. The Balaban J connectivity index is 2.00. The van der Waals surface area contributed by atoms with E-state index in [1.54, 1.807) is 12.1 Å². The van der Waals surface area contributed by atoms with Gasteiger partial charge in [0.2, 0.25) is 0 Å². The summed E-state index contributed by atoms with van der Waals surface area (Å²) in [5.41, 5.74) is 1.58. The number of ketones is 1. The number of Topliss-reactive ketones (excluding diaryl/α,β-unsaturated/α-hetero) is 1. The van der Waals surface area contributed by atoms with Gasteiger partial charge in [0.25, 0.3) is 11.7 Å². The summed E-state index contributed by atoms with van der Waals surface area (Å²) in [5.74, 6) is -2.57. The number of benzene rings is 3. The normalized spacial score (nSPS) is 17.2. The van der Waals surface area contributed by atoms with Gasteiger partial charge in [-0.3, -0.25) is 14.5 Å². The van der Waals surface area contributed by atoms with Crippen LogP contribution in [0.2, 0.25) is 10.0 Å². The van der Waals surface area contributed by atoms with E-state index in [2.05, 4.69) is 20.8 Å². The van der Waals surface area contributed by atoms with Crippen molar-refractivity contribution in [1.82, 2.24) is 0 Å². The quantitative estimate of drug-likeness (QED) is 0.206. The predicted octanol–water partition coefficient (Wildman–Crippen LogP) is 7.07. The summed E-state index contributed by atoms with van der Waals surface area (Å²) in [5, 5.41) is 11.5. The fourth-order valence-corrected chi connectivity index (χ4v) is 4.81. The van der Waals surface area contributed by atoms with Crippen molar-refractivity contribution >= 4 is 46.3 Å². The molecule has 198 valence electrons. The minimum Gasteiger partial charge on any atom is -0.507 e. The number of hydrogen-bond acceptors (Lipinski definition) is 5. The van der Waals surface area contributed by atoms with Gasteiger partial charge >= 0.3 is 0 Å². The van der Waals surface area contributed by atoms with Crippen LogP contribution in [0.1, 0.15) is 43.5 Å². The van der Waals surface area contributed by atoms with Crippen LogP contribution in [0, 0.1) is 5.82 Å². The number of rotatable bonds is 5. The van der Waals surface area contributed by atoms with Gasteiger partial charge in [0, 0.05) is 11.8 Å². The first-order valence-electron chi connectivity index (χ1n) is 11.7. The van der Waals surface area contributed by atoms with Crippen LogP contribution in [-0.2, 0) is 15.0 Å². The largest absolute Gasteiger partial charge is 0.507 e. The third-order valence-corrected chi connectivity index (χ3v) is 7.03. The maximum absolute atomic E-state index is 14.0. The van der Waals surface area contributed by atoms with E-state index in [9.17, 15) is 19.1 Å². The van der Waals surface area contributed by atoms with Crippen molar-refractivity contribution < 1.29 is 28.6 Å². The number of halogens is 3. The summed E-state index contributed by atoms with van der Waals surface area (Å²) < 4.78 is 24.6. The molecule has 0 aliphatic carbocycles. The molecule has 0 saturated carbocycles. The number of methoxy groups -OCH3 is 2. The maximum atomic E-state index is 14.0. The first kappa shape index (κ1) is 27.5. The molecule has 6 nitrogen and oxygen atoms in total. The number of aliphatic hydroxyl groups excluding tert-OH is 1. The summed E-state index contributed by atoms with van der Waals surface area (Å²) in [7, 11) is 2.79.